The van der Waals surface area contributed by atoms with Gasteiger partial charge in [0.2, 0.25) is 0 Å². The molecule has 1 aromatic carbocycles. The van der Waals surface area contributed by atoms with Crippen molar-refractivity contribution in [3.05, 3.63) is 47.5 Å². The molecule has 0 saturated carbocycles. The first-order valence-corrected chi connectivity index (χ1v) is 7.31. The summed E-state index contributed by atoms with van der Waals surface area (Å²) in [5.74, 6) is 0.264. The second-order valence-electron chi connectivity index (χ2n) is 6.10. The van der Waals surface area contributed by atoms with Gasteiger partial charge < -0.3 is 5.11 Å². The topological polar surface area (TPSA) is 23.5 Å². The maximum atomic E-state index is 10.7. The van der Waals surface area contributed by atoms with Crippen LogP contribution < -0.4 is 0 Å². The Morgan fingerprint density at radius 1 is 1.32 bits per heavy atom. The summed E-state index contributed by atoms with van der Waals surface area (Å²) in [6, 6.07) is 8.91. The molecule has 2 nitrogen and oxygen atoms in total. The fourth-order valence-electron chi connectivity index (χ4n) is 3.67. The van der Waals surface area contributed by atoms with Crippen molar-refractivity contribution < 1.29 is 5.11 Å². The number of aliphatic hydroxyl groups is 1. The van der Waals surface area contributed by atoms with Gasteiger partial charge in [-0.1, -0.05) is 36.4 Å². The first-order chi connectivity index (χ1) is 9.16. The summed E-state index contributed by atoms with van der Waals surface area (Å²) in [4.78, 5) is 2.47. The number of benzene rings is 1. The lowest BCUT2D eigenvalue weighted by Gasteiger charge is -2.39. The van der Waals surface area contributed by atoms with Gasteiger partial charge in [0.1, 0.15) is 0 Å². The number of nitrogens with zero attached hydrogens (tertiary/aromatic N) is 1. The molecule has 3 atom stereocenters. The molecule has 0 bridgehead atoms. The largest absolute Gasteiger partial charge is 0.391 e. The summed E-state index contributed by atoms with van der Waals surface area (Å²) in [6.07, 6.45) is 2.93. The fourth-order valence-corrected chi connectivity index (χ4v) is 3.67. The van der Waals surface area contributed by atoms with Gasteiger partial charge in [-0.3, -0.25) is 4.90 Å². The second-order valence-corrected chi connectivity index (χ2v) is 6.10. The van der Waals surface area contributed by atoms with Crippen molar-refractivity contribution in [2.45, 2.75) is 44.9 Å². The highest BCUT2D eigenvalue weighted by Gasteiger charge is 2.37. The van der Waals surface area contributed by atoms with Crippen molar-refractivity contribution in [1.29, 1.82) is 0 Å². The highest BCUT2D eigenvalue weighted by atomic mass is 16.3. The predicted octanol–water partition coefficient (Wildman–Crippen LogP) is 2.76. The third-order valence-corrected chi connectivity index (χ3v) is 4.79. The van der Waals surface area contributed by atoms with E-state index >= 15 is 0 Å². The quantitative estimate of drug-likeness (QED) is 0.782. The molecule has 19 heavy (non-hydrogen) atoms. The molecule has 0 aromatic heterocycles. The van der Waals surface area contributed by atoms with Crippen LogP contribution in [0.3, 0.4) is 0 Å². The number of hydrogen-bond acceptors (Lipinski definition) is 2. The van der Waals surface area contributed by atoms with Crippen LogP contribution in [-0.2, 0) is 13.0 Å². The van der Waals surface area contributed by atoms with Crippen molar-refractivity contribution in [3.8, 4) is 0 Å². The molecular formula is C17H23NO. The molecular weight excluding hydrogens is 234 g/mol. The van der Waals surface area contributed by atoms with Gasteiger partial charge in [0.05, 0.1) is 6.10 Å². The van der Waals surface area contributed by atoms with E-state index in [4.69, 9.17) is 0 Å². The van der Waals surface area contributed by atoms with Crippen LogP contribution in [0.4, 0.5) is 0 Å². The van der Waals surface area contributed by atoms with E-state index in [0.717, 1.165) is 37.9 Å². The third-order valence-electron chi connectivity index (χ3n) is 4.79. The van der Waals surface area contributed by atoms with Crippen molar-refractivity contribution >= 4 is 0 Å². The van der Waals surface area contributed by atoms with Gasteiger partial charge in [-0.25, -0.2) is 0 Å². The maximum absolute atomic E-state index is 10.7. The molecule has 0 spiro atoms. The second kappa shape index (κ2) is 5.10. The standard InChI is InChI=1S/C17H23NO/c1-12(2)15-8-5-9-18-11-14-7-4-3-6-13(14)10-16(18)17(15)19/h3-4,6-7,15-17,19H,1,5,8-11H2,2H3/t15-,16-,17-/m0/s1. The SMILES string of the molecule is C=C(C)[C@@H]1CCCN2Cc3ccccc3C[C@H]2[C@H]1O. The van der Waals surface area contributed by atoms with Crippen LogP contribution in [0.15, 0.2) is 36.4 Å². The smallest absolute Gasteiger partial charge is 0.0763 e. The van der Waals surface area contributed by atoms with Gasteiger partial charge in [0.25, 0.3) is 0 Å². The van der Waals surface area contributed by atoms with Gasteiger partial charge >= 0.3 is 0 Å². The Morgan fingerprint density at radius 2 is 2.05 bits per heavy atom. The Kier molecular flexibility index (Phi) is 3.46. The molecule has 1 aromatic rings. The molecule has 3 rings (SSSR count). The Hall–Kier alpha value is -1.12. The average Bonchev–Trinajstić information content (AvgIpc) is 2.56. The van der Waals surface area contributed by atoms with E-state index in [9.17, 15) is 5.11 Å². The number of rotatable bonds is 1. The summed E-state index contributed by atoms with van der Waals surface area (Å²) in [5.41, 5.74) is 3.97. The van der Waals surface area contributed by atoms with Crippen LogP contribution in [-0.4, -0.2) is 28.7 Å². The van der Waals surface area contributed by atoms with Crippen LogP contribution >= 0.6 is 0 Å². The number of hydrogen-bond donors (Lipinski definition) is 1. The summed E-state index contributed by atoms with van der Waals surface area (Å²) in [7, 11) is 0. The summed E-state index contributed by atoms with van der Waals surface area (Å²) in [6.45, 7) is 8.21. The average molecular weight is 257 g/mol. The van der Waals surface area contributed by atoms with E-state index in [0.29, 0.717) is 0 Å². The molecule has 102 valence electrons. The van der Waals surface area contributed by atoms with E-state index in [1.807, 2.05) is 0 Å². The summed E-state index contributed by atoms with van der Waals surface area (Å²) < 4.78 is 0. The predicted molar refractivity (Wildman–Crippen MR) is 77.9 cm³/mol. The first kappa shape index (κ1) is 12.9. The molecule has 2 aliphatic rings. The Balaban J connectivity index is 1.90. The highest BCUT2D eigenvalue weighted by Crippen LogP contribution is 2.33. The molecule has 0 radical (unpaired) electrons. The van der Waals surface area contributed by atoms with E-state index in [1.165, 1.54) is 11.1 Å². The fraction of sp³-hybridized carbons (Fsp3) is 0.529. The van der Waals surface area contributed by atoms with Crippen LogP contribution in [0.2, 0.25) is 0 Å². The molecule has 1 saturated heterocycles. The van der Waals surface area contributed by atoms with Gasteiger partial charge in [-0.15, -0.1) is 0 Å². The zero-order valence-corrected chi connectivity index (χ0v) is 11.7. The molecule has 2 heterocycles. The van der Waals surface area contributed by atoms with Gasteiger partial charge in [-0.05, 0) is 43.9 Å². The van der Waals surface area contributed by atoms with E-state index in [-0.39, 0.29) is 18.1 Å². The van der Waals surface area contributed by atoms with E-state index < -0.39 is 0 Å². The minimum atomic E-state index is -0.270. The number of aliphatic hydroxyl groups excluding tert-OH is 1. The first-order valence-electron chi connectivity index (χ1n) is 7.31. The summed E-state index contributed by atoms with van der Waals surface area (Å²) >= 11 is 0. The van der Waals surface area contributed by atoms with Crippen LogP contribution in [0.25, 0.3) is 0 Å². The van der Waals surface area contributed by atoms with Gasteiger partial charge in [0.15, 0.2) is 0 Å². The van der Waals surface area contributed by atoms with E-state index in [2.05, 4.69) is 42.7 Å². The maximum Gasteiger partial charge on any atom is 0.0763 e. The minimum absolute atomic E-state index is 0.263. The van der Waals surface area contributed by atoms with Crippen LogP contribution in [0.5, 0.6) is 0 Å². The zero-order valence-electron chi connectivity index (χ0n) is 11.7. The highest BCUT2D eigenvalue weighted by molar-refractivity contribution is 5.31. The Bertz CT molecular complexity index is 482. The van der Waals surface area contributed by atoms with Crippen molar-refractivity contribution in [2.75, 3.05) is 6.54 Å². The summed E-state index contributed by atoms with van der Waals surface area (Å²) in [5, 5.41) is 10.7. The third kappa shape index (κ3) is 2.35. The zero-order chi connectivity index (χ0) is 13.4. The molecule has 1 fully saturated rings. The van der Waals surface area contributed by atoms with Crippen molar-refractivity contribution in [3.63, 3.8) is 0 Å². The van der Waals surface area contributed by atoms with Crippen LogP contribution in [0, 0.1) is 5.92 Å². The van der Waals surface area contributed by atoms with E-state index in [1.54, 1.807) is 0 Å². The van der Waals surface area contributed by atoms with Crippen molar-refractivity contribution in [2.24, 2.45) is 5.92 Å². The Labute approximate surface area is 115 Å². The molecule has 1 N–H and O–H groups in total. The molecule has 0 unspecified atom stereocenters. The number of fused-ring (bicyclic) bond motifs is 2. The molecule has 0 amide bonds. The van der Waals surface area contributed by atoms with Gasteiger partial charge in [-0.2, -0.15) is 0 Å². The van der Waals surface area contributed by atoms with Gasteiger partial charge in [0, 0.05) is 18.5 Å². The monoisotopic (exact) mass is 257 g/mol. The molecule has 2 aliphatic heterocycles. The minimum Gasteiger partial charge on any atom is -0.391 e. The van der Waals surface area contributed by atoms with Crippen molar-refractivity contribution in [1.82, 2.24) is 4.90 Å². The van der Waals surface area contributed by atoms with Crippen LogP contribution in [0.1, 0.15) is 30.9 Å². The molecule has 2 heteroatoms. The molecule has 0 aliphatic carbocycles. The normalized spacial score (nSPS) is 31.2. The lowest BCUT2D eigenvalue weighted by molar-refractivity contribution is 0.0261. The lowest BCUT2D eigenvalue weighted by atomic mass is 9.83. The lowest BCUT2D eigenvalue weighted by Crippen LogP contribution is -2.48. The Morgan fingerprint density at radius 3 is 2.79 bits per heavy atom.